The van der Waals surface area contributed by atoms with Crippen LogP contribution in [0.1, 0.15) is 0 Å². The predicted molar refractivity (Wildman–Crippen MR) is 225 cm³/mol. The lowest BCUT2D eigenvalue weighted by Gasteiger charge is -2.18. The van der Waals surface area contributed by atoms with Crippen molar-refractivity contribution in [3.8, 4) is 44.5 Å². The van der Waals surface area contributed by atoms with E-state index in [4.69, 9.17) is 4.42 Å². The minimum atomic E-state index is 0.914. The topological polar surface area (TPSA) is 13.1 Å². The van der Waals surface area contributed by atoms with Crippen LogP contribution < -0.4 is 0 Å². The van der Waals surface area contributed by atoms with E-state index in [2.05, 4.69) is 182 Å². The molecule has 246 valence electrons. The Labute approximate surface area is 307 Å². The summed E-state index contributed by atoms with van der Waals surface area (Å²) < 4.78 is 6.14. The molecule has 1 heteroatoms. The third-order valence-electron chi connectivity index (χ3n) is 11.0. The first-order chi connectivity index (χ1) is 26.3. The van der Waals surface area contributed by atoms with E-state index in [1.165, 1.54) is 87.6 Å². The zero-order valence-corrected chi connectivity index (χ0v) is 28.9. The van der Waals surface area contributed by atoms with E-state index in [-0.39, 0.29) is 0 Å². The normalized spacial score (nSPS) is 11.8. The molecule has 1 heterocycles. The maximum atomic E-state index is 6.14. The Morgan fingerprint density at radius 2 is 0.736 bits per heavy atom. The molecule has 1 aromatic heterocycles. The molecule has 0 spiro atoms. The Morgan fingerprint density at radius 3 is 1.45 bits per heavy atom. The first-order valence-electron chi connectivity index (χ1n) is 18.3. The smallest absolute Gasteiger partial charge is 0.135 e. The summed E-state index contributed by atoms with van der Waals surface area (Å²) in [5.41, 5.74) is 11.6. The van der Waals surface area contributed by atoms with Gasteiger partial charge in [-0.05, 0) is 118 Å². The summed E-state index contributed by atoms with van der Waals surface area (Å²) in [6, 6.07) is 70.7. The molecule has 0 unspecified atom stereocenters. The van der Waals surface area contributed by atoms with Crippen LogP contribution in [-0.4, -0.2) is 0 Å². The number of fused-ring (bicyclic) bond motifs is 8. The lowest BCUT2D eigenvalue weighted by Crippen LogP contribution is -1.91. The van der Waals surface area contributed by atoms with Gasteiger partial charge in [-0.3, -0.25) is 0 Å². The summed E-state index contributed by atoms with van der Waals surface area (Å²) in [5.74, 6) is 0. The lowest BCUT2D eigenvalue weighted by atomic mass is 9.85. The van der Waals surface area contributed by atoms with Gasteiger partial charge in [0, 0.05) is 10.8 Å². The van der Waals surface area contributed by atoms with Crippen molar-refractivity contribution in [1.29, 1.82) is 0 Å². The molecular weight excluding hydrogens is 641 g/mol. The third kappa shape index (κ3) is 4.71. The van der Waals surface area contributed by atoms with Gasteiger partial charge in [-0.2, -0.15) is 0 Å². The predicted octanol–water partition coefficient (Wildman–Crippen LogP) is 14.9. The summed E-state index contributed by atoms with van der Waals surface area (Å²) in [7, 11) is 0. The number of para-hydroxylation sites is 1. The van der Waals surface area contributed by atoms with Crippen molar-refractivity contribution < 1.29 is 4.42 Å². The van der Waals surface area contributed by atoms with Crippen molar-refractivity contribution in [3.05, 3.63) is 194 Å². The van der Waals surface area contributed by atoms with E-state index >= 15 is 0 Å². The van der Waals surface area contributed by atoms with Gasteiger partial charge >= 0.3 is 0 Å². The van der Waals surface area contributed by atoms with Gasteiger partial charge in [-0.25, -0.2) is 0 Å². The number of hydrogen-bond acceptors (Lipinski definition) is 1. The molecule has 0 amide bonds. The Balaban J connectivity index is 1.07. The van der Waals surface area contributed by atoms with Crippen LogP contribution in [0.2, 0.25) is 0 Å². The Kier molecular flexibility index (Phi) is 6.62. The second-order valence-electron chi connectivity index (χ2n) is 14.0. The van der Waals surface area contributed by atoms with Gasteiger partial charge in [0.15, 0.2) is 0 Å². The maximum Gasteiger partial charge on any atom is 0.135 e. The molecule has 11 aromatic rings. The van der Waals surface area contributed by atoms with Crippen molar-refractivity contribution in [1.82, 2.24) is 0 Å². The highest BCUT2D eigenvalue weighted by atomic mass is 16.3. The van der Waals surface area contributed by atoms with Crippen molar-refractivity contribution in [2.75, 3.05) is 0 Å². The quantitative estimate of drug-likeness (QED) is 0.134. The summed E-state index contributed by atoms with van der Waals surface area (Å²) in [5, 5.41) is 12.4. The molecule has 0 atom stereocenters. The number of rotatable bonds is 4. The number of benzene rings is 10. The van der Waals surface area contributed by atoms with Crippen molar-refractivity contribution in [3.63, 3.8) is 0 Å². The Hall–Kier alpha value is -6.96. The highest BCUT2D eigenvalue weighted by Gasteiger charge is 2.18. The summed E-state index contributed by atoms with van der Waals surface area (Å²) in [6.45, 7) is 0. The van der Waals surface area contributed by atoms with Gasteiger partial charge in [0.2, 0.25) is 0 Å². The monoisotopic (exact) mass is 672 g/mol. The molecular formula is C52H32O. The van der Waals surface area contributed by atoms with Crippen LogP contribution in [0.15, 0.2) is 199 Å². The summed E-state index contributed by atoms with van der Waals surface area (Å²) >= 11 is 0. The minimum Gasteiger partial charge on any atom is -0.456 e. The average Bonchev–Trinajstić information content (AvgIpc) is 3.61. The van der Waals surface area contributed by atoms with Crippen LogP contribution >= 0.6 is 0 Å². The van der Waals surface area contributed by atoms with Gasteiger partial charge in [0.25, 0.3) is 0 Å². The van der Waals surface area contributed by atoms with E-state index in [9.17, 15) is 0 Å². The van der Waals surface area contributed by atoms with Gasteiger partial charge in [0.1, 0.15) is 11.2 Å². The molecule has 53 heavy (non-hydrogen) atoms. The van der Waals surface area contributed by atoms with Crippen molar-refractivity contribution >= 4 is 65.0 Å². The standard InChI is InChI=1S/C52H32O/c1-2-15-39-37(12-1)32-47(41-17-4-3-16-40(39)41)33-24-26-34(27-25-33)51-43-19-5-7-21-45(43)52(46-22-8-6-20-44(46)51)38-14-11-13-35(30-38)36-28-29-50-48(31-36)42-18-9-10-23-49(42)53-50/h1-32H. The SMILES string of the molecule is c1cc(-c2ccc3oc4ccccc4c3c2)cc(-c2c3ccccc3c(-c3ccc(-c4cc5ccccc5c5ccccc45)cc3)c3ccccc23)c1. The van der Waals surface area contributed by atoms with Gasteiger partial charge < -0.3 is 4.42 Å². The van der Waals surface area contributed by atoms with E-state index in [1.54, 1.807) is 0 Å². The van der Waals surface area contributed by atoms with Crippen LogP contribution in [0, 0.1) is 0 Å². The summed E-state index contributed by atoms with van der Waals surface area (Å²) in [4.78, 5) is 0. The highest BCUT2D eigenvalue weighted by molar-refractivity contribution is 6.22. The second-order valence-corrected chi connectivity index (χ2v) is 14.0. The fourth-order valence-corrected chi connectivity index (χ4v) is 8.62. The van der Waals surface area contributed by atoms with E-state index in [0.717, 1.165) is 21.9 Å². The van der Waals surface area contributed by atoms with E-state index in [0.29, 0.717) is 0 Å². The van der Waals surface area contributed by atoms with Crippen LogP contribution in [0.3, 0.4) is 0 Å². The number of furan rings is 1. The maximum absolute atomic E-state index is 6.14. The molecule has 0 bridgehead atoms. The van der Waals surface area contributed by atoms with Crippen molar-refractivity contribution in [2.24, 2.45) is 0 Å². The van der Waals surface area contributed by atoms with Gasteiger partial charge in [-0.15, -0.1) is 0 Å². The molecule has 0 radical (unpaired) electrons. The average molecular weight is 673 g/mol. The molecule has 0 aliphatic heterocycles. The molecule has 0 fully saturated rings. The fraction of sp³-hybridized carbons (Fsp3) is 0. The minimum absolute atomic E-state index is 0.914. The molecule has 0 aliphatic rings. The lowest BCUT2D eigenvalue weighted by molar-refractivity contribution is 0.669. The molecule has 0 aliphatic carbocycles. The Bertz CT molecular complexity index is 3160. The summed E-state index contributed by atoms with van der Waals surface area (Å²) in [6.07, 6.45) is 0. The van der Waals surface area contributed by atoms with Crippen molar-refractivity contribution in [2.45, 2.75) is 0 Å². The van der Waals surface area contributed by atoms with E-state index in [1.807, 2.05) is 12.1 Å². The van der Waals surface area contributed by atoms with E-state index < -0.39 is 0 Å². The first kappa shape index (κ1) is 29.7. The first-order valence-corrected chi connectivity index (χ1v) is 18.3. The van der Waals surface area contributed by atoms with Gasteiger partial charge in [-0.1, -0.05) is 164 Å². The third-order valence-corrected chi connectivity index (χ3v) is 11.0. The fourth-order valence-electron chi connectivity index (χ4n) is 8.62. The molecule has 0 saturated carbocycles. The molecule has 1 nitrogen and oxygen atoms in total. The second kappa shape index (κ2) is 11.8. The molecule has 11 rings (SSSR count). The van der Waals surface area contributed by atoms with Gasteiger partial charge in [0.05, 0.1) is 0 Å². The van der Waals surface area contributed by atoms with Crippen LogP contribution in [0.25, 0.3) is 110 Å². The van der Waals surface area contributed by atoms with Crippen LogP contribution in [0.4, 0.5) is 0 Å². The zero-order valence-electron chi connectivity index (χ0n) is 28.9. The zero-order chi connectivity index (χ0) is 34.9. The molecule has 0 N–H and O–H groups in total. The van der Waals surface area contributed by atoms with Crippen LogP contribution in [0.5, 0.6) is 0 Å². The molecule has 0 saturated heterocycles. The highest BCUT2D eigenvalue weighted by Crippen LogP contribution is 2.45. The Morgan fingerprint density at radius 1 is 0.245 bits per heavy atom. The molecule has 10 aromatic carbocycles. The number of hydrogen-bond donors (Lipinski definition) is 0. The largest absolute Gasteiger partial charge is 0.456 e. The van der Waals surface area contributed by atoms with Crippen LogP contribution in [-0.2, 0) is 0 Å².